The maximum atomic E-state index is 15.8. The second-order valence-corrected chi connectivity index (χ2v) is 10.9. The summed E-state index contributed by atoms with van der Waals surface area (Å²) in [5, 5.41) is 47.5. The molecule has 4 rings (SSSR count). The molecular weight excluding hydrogens is 499 g/mol. The van der Waals surface area contributed by atoms with Crippen LogP contribution >= 0.6 is 0 Å². The number of hydrogen-bond donors (Lipinski definition) is 7. The number of benzene rings is 1. The first-order chi connectivity index (χ1) is 17.7. The molecule has 0 spiro atoms. The highest BCUT2D eigenvalue weighted by molar-refractivity contribution is 6.24. The largest absolute Gasteiger partial charge is 0.508 e. The Bertz CT molecular complexity index is 1320. The van der Waals surface area contributed by atoms with Crippen LogP contribution in [0.25, 0.3) is 5.76 Å². The normalized spacial score (nSPS) is 27.1. The van der Waals surface area contributed by atoms with Gasteiger partial charge in [0.25, 0.3) is 5.91 Å². The molecule has 11 nitrogen and oxygen atoms in total. The Hall–Kier alpha value is -3.48. The van der Waals surface area contributed by atoms with E-state index in [-0.39, 0.29) is 53.3 Å². The van der Waals surface area contributed by atoms with Crippen LogP contribution in [0, 0.1) is 23.6 Å². The molecule has 1 aromatic rings. The Morgan fingerprint density at radius 3 is 2.42 bits per heavy atom. The summed E-state index contributed by atoms with van der Waals surface area (Å²) in [6, 6.07) is -1.21. The molecule has 1 amide bonds. The van der Waals surface area contributed by atoms with E-state index in [1.165, 1.54) is 19.0 Å². The molecule has 4 atom stereocenters. The van der Waals surface area contributed by atoms with Crippen molar-refractivity contribution >= 4 is 28.9 Å². The minimum Gasteiger partial charge on any atom is -0.508 e. The number of hydrogen-bond acceptors (Lipinski definition) is 10. The molecule has 1 fully saturated rings. The van der Waals surface area contributed by atoms with Gasteiger partial charge in [-0.2, -0.15) is 0 Å². The van der Waals surface area contributed by atoms with E-state index >= 15 is 4.39 Å². The number of phenols is 1. The highest BCUT2D eigenvalue weighted by Crippen LogP contribution is 2.53. The van der Waals surface area contributed by atoms with Gasteiger partial charge in [0.2, 0.25) is 5.78 Å². The number of carbonyl (C=O) groups is 3. The standard InChI is InChI=1S/C26H33FN4O7/c1-9(2)7-30-8-12-17(27)11-5-10-6-13-19(31(3)4)22(34)16(25(29)37)24(36)26(13,38)23(35)14(10)20(32)15(11)21(33)18(12)28/h9-10,13,19,30,32-33,36,38H,5-8,28H2,1-4H3,(H2,29,37)/t10-,13-,19-,26-/m0/s1. The summed E-state index contributed by atoms with van der Waals surface area (Å²) in [4.78, 5) is 40.3. The molecule has 3 aliphatic rings. The fourth-order valence-corrected chi connectivity index (χ4v) is 6.07. The third-order valence-electron chi connectivity index (χ3n) is 7.82. The molecule has 0 saturated heterocycles. The number of nitrogens with zero attached hydrogens (tertiary/aromatic N) is 1. The van der Waals surface area contributed by atoms with E-state index in [9.17, 15) is 34.8 Å². The Morgan fingerprint density at radius 1 is 1.24 bits per heavy atom. The number of rotatable bonds is 6. The molecule has 9 N–H and O–H groups in total. The molecule has 0 aliphatic heterocycles. The zero-order chi connectivity index (χ0) is 28.4. The molecule has 0 radical (unpaired) electrons. The van der Waals surface area contributed by atoms with Crippen molar-refractivity contribution < 1.29 is 39.2 Å². The Labute approximate surface area is 218 Å². The van der Waals surface area contributed by atoms with E-state index < -0.39 is 69.6 Å². The minimum atomic E-state index is -2.76. The monoisotopic (exact) mass is 532 g/mol. The van der Waals surface area contributed by atoms with Gasteiger partial charge in [0, 0.05) is 29.2 Å². The molecule has 0 aromatic heterocycles. The molecule has 0 unspecified atom stereocenters. The number of aliphatic hydroxyl groups excluding tert-OH is 2. The number of likely N-dealkylation sites (N-methyl/N-ethyl adjacent to an activating group) is 1. The van der Waals surface area contributed by atoms with E-state index in [1.807, 2.05) is 13.8 Å². The number of ketones is 2. The summed E-state index contributed by atoms with van der Waals surface area (Å²) >= 11 is 0. The quantitative estimate of drug-likeness (QED) is 0.153. The van der Waals surface area contributed by atoms with Gasteiger partial charge in [0.05, 0.1) is 17.3 Å². The van der Waals surface area contributed by atoms with Crippen LogP contribution < -0.4 is 16.8 Å². The van der Waals surface area contributed by atoms with E-state index in [0.29, 0.717) is 6.54 Å². The number of aliphatic hydroxyl groups is 3. The lowest BCUT2D eigenvalue weighted by molar-refractivity contribution is -0.153. The molecule has 0 bridgehead atoms. The predicted molar refractivity (Wildman–Crippen MR) is 135 cm³/mol. The molecule has 1 saturated carbocycles. The molecule has 206 valence electrons. The summed E-state index contributed by atoms with van der Waals surface area (Å²) in [6.45, 7) is 4.53. The summed E-state index contributed by atoms with van der Waals surface area (Å²) in [5.74, 6) is -8.50. The van der Waals surface area contributed by atoms with Crippen molar-refractivity contribution in [2.75, 3.05) is 26.4 Å². The van der Waals surface area contributed by atoms with E-state index in [4.69, 9.17) is 11.5 Å². The molecule has 38 heavy (non-hydrogen) atoms. The number of nitrogens with one attached hydrogen (secondary N) is 1. The van der Waals surface area contributed by atoms with Crippen LogP contribution in [-0.2, 0) is 27.3 Å². The number of primary amides is 1. The molecule has 12 heteroatoms. The van der Waals surface area contributed by atoms with Gasteiger partial charge in [-0.25, -0.2) is 4.39 Å². The number of anilines is 1. The number of fused-ring (bicyclic) bond motifs is 3. The molecule has 3 aliphatic carbocycles. The summed E-state index contributed by atoms with van der Waals surface area (Å²) in [7, 11) is 3.01. The third-order valence-corrected chi connectivity index (χ3v) is 7.82. The van der Waals surface area contributed by atoms with Gasteiger partial charge in [0.1, 0.15) is 28.7 Å². The first-order valence-corrected chi connectivity index (χ1v) is 12.3. The van der Waals surface area contributed by atoms with Crippen LogP contribution in [0.15, 0.2) is 16.9 Å². The van der Waals surface area contributed by atoms with Crippen LogP contribution in [0.5, 0.6) is 5.75 Å². The van der Waals surface area contributed by atoms with E-state index in [1.54, 1.807) is 0 Å². The van der Waals surface area contributed by atoms with Gasteiger partial charge < -0.3 is 37.2 Å². The van der Waals surface area contributed by atoms with Crippen molar-refractivity contribution in [3.05, 3.63) is 39.4 Å². The Balaban J connectivity index is 1.91. The number of nitrogen functional groups attached to an aromatic ring is 1. The van der Waals surface area contributed by atoms with Crippen LogP contribution in [0.3, 0.4) is 0 Å². The van der Waals surface area contributed by atoms with Crippen LogP contribution in [0.4, 0.5) is 10.1 Å². The lowest BCUT2D eigenvalue weighted by Gasteiger charge is -2.50. The molecule has 0 heterocycles. The van der Waals surface area contributed by atoms with E-state index in [0.717, 1.165) is 0 Å². The first-order valence-electron chi connectivity index (χ1n) is 12.3. The SMILES string of the molecule is CC(C)CNCc1c(N)c(O)c2c(c1F)C[C@H]1C[C@H]3[C@H](N(C)C)C(=O)C(C(N)=O)=C(O)[C@@]3(O)C(=O)C1=C2O. The van der Waals surface area contributed by atoms with Crippen molar-refractivity contribution in [1.29, 1.82) is 0 Å². The van der Waals surface area contributed by atoms with Crippen molar-refractivity contribution in [3.8, 4) is 5.75 Å². The average molecular weight is 533 g/mol. The number of carbonyl (C=O) groups excluding carboxylic acids is 3. The number of amides is 1. The molecular formula is C26H33FN4O7. The van der Waals surface area contributed by atoms with Crippen LogP contribution in [0.2, 0.25) is 0 Å². The summed E-state index contributed by atoms with van der Waals surface area (Å²) in [5.41, 5.74) is 6.59. The topological polar surface area (TPSA) is 199 Å². The van der Waals surface area contributed by atoms with E-state index in [2.05, 4.69) is 5.32 Å². The predicted octanol–water partition coefficient (Wildman–Crippen LogP) is 0.431. The van der Waals surface area contributed by atoms with Gasteiger partial charge in [-0.3, -0.25) is 19.3 Å². The average Bonchev–Trinajstić information content (AvgIpc) is 2.81. The number of aromatic hydroxyl groups is 1. The fraction of sp³-hybridized carbons (Fsp3) is 0.500. The zero-order valence-electron chi connectivity index (χ0n) is 21.6. The second-order valence-electron chi connectivity index (χ2n) is 10.9. The maximum absolute atomic E-state index is 15.8. The van der Waals surface area contributed by atoms with Crippen molar-refractivity contribution in [2.24, 2.45) is 23.5 Å². The minimum absolute atomic E-state index is 0.0162. The van der Waals surface area contributed by atoms with Crippen LogP contribution in [-0.4, -0.2) is 75.1 Å². The van der Waals surface area contributed by atoms with Crippen molar-refractivity contribution in [2.45, 2.75) is 44.9 Å². The summed E-state index contributed by atoms with van der Waals surface area (Å²) in [6.07, 6.45) is -0.275. The lowest BCUT2D eigenvalue weighted by atomic mass is 9.57. The first kappa shape index (κ1) is 27.6. The highest BCUT2D eigenvalue weighted by atomic mass is 19.1. The molecule has 1 aromatic carbocycles. The highest BCUT2D eigenvalue weighted by Gasteiger charge is 2.64. The van der Waals surface area contributed by atoms with Crippen LogP contribution in [0.1, 0.15) is 37.0 Å². The maximum Gasteiger partial charge on any atom is 0.255 e. The van der Waals surface area contributed by atoms with Gasteiger partial charge in [-0.05, 0) is 45.3 Å². The summed E-state index contributed by atoms with van der Waals surface area (Å²) < 4.78 is 15.8. The van der Waals surface area contributed by atoms with Gasteiger partial charge in [0.15, 0.2) is 11.4 Å². The number of halogens is 1. The van der Waals surface area contributed by atoms with Gasteiger partial charge in [-0.15, -0.1) is 0 Å². The number of Topliss-reactive ketones (excluding diaryl/α,β-unsaturated/α-hetero) is 2. The van der Waals surface area contributed by atoms with Gasteiger partial charge >= 0.3 is 0 Å². The fourth-order valence-electron chi connectivity index (χ4n) is 6.07. The Kier molecular flexibility index (Phi) is 6.79. The third kappa shape index (κ3) is 3.77. The number of phenolic OH excluding ortho intramolecular Hbond substituents is 1. The van der Waals surface area contributed by atoms with Crippen molar-refractivity contribution in [1.82, 2.24) is 10.2 Å². The number of nitrogens with two attached hydrogens (primary N) is 2. The smallest absolute Gasteiger partial charge is 0.255 e. The zero-order valence-corrected chi connectivity index (χ0v) is 21.6. The second kappa shape index (κ2) is 9.37. The lowest BCUT2D eigenvalue weighted by Crippen LogP contribution is -2.65. The van der Waals surface area contributed by atoms with Gasteiger partial charge in [-0.1, -0.05) is 13.8 Å². The van der Waals surface area contributed by atoms with Crippen molar-refractivity contribution in [3.63, 3.8) is 0 Å². The Morgan fingerprint density at radius 2 is 1.87 bits per heavy atom.